The fourth-order valence-corrected chi connectivity index (χ4v) is 5.32. The zero-order valence-corrected chi connectivity index (χ0v) is 17.4. The number of carbonyl (C=O) groups excluding carboxylic acids is 3. The number of amides is 3. The molecule has 5 atom stereocenters. The maximum Gasteiger partial charge on any atom is 0.417 e. The van der Waals surface area contributed by atoms with Crippen molar-refractivity contribution < 1.29 is 37.0 Å². The third-order valence-corrected chi connectivity index (χ3v) is 6.59. The summed E-state index contributed by atoms with van der Waals surface area (Å²) in [6.45, 7) is 5.04. The number of rotatable bonds is 3. The van der Waals surface area contributed by atoms with Gasteiger partial charge >= 0.3 is 12.3 Å². The van der Waals surface area contributed by atoms with Gasteiger partial charge in [0, 0.05) is 6.42 Å². The van der Waals surface area contributed by atoms with Crippen molar-refractivity contribution in [2.75, 3.05) is 11.5 Å². The number of benzene rings is 1. The van der Waals surface area contributed by atoms with E-state index in [0.717, 1.165) is 17.0 Å². The van der Waals surface area contributed by atoms with Crippen LogP contribution in [0, 0.1) is 23.2 Å². The largest absolute Gasteiger partial charge is 0.450 e. The summed E-state index contributed by atoms with van der Waals surface area (Å²) < 4.78 is 51.2. The number of anilines is 1. The zero-order chi connectivity index (χ0) is 23.6. The van der Waals surface area contributed by atoms with E-state index in [9.17, 15) is 27.6 Å². The first-order valence-electron chi connectivity index (χ1n) is 10.00. The lowest BCUT2D eigenvalue weighted by atomic mass is 9.66. The van der Waals surface area contributed by atoms with E-state index in [-0.39, 0.29) is 18.7 Å². The Labute approximate surface area is 181 Å². The molecule has 0 saturated carbocycles. The molecule has 170 valence electrons. The number of fused-ring (bicyclic) bond motifs is 5. The quantitative estimate of drug-likeness (QED) is 0.708. The van der Waals surface area contributed by atoms with Crippen molar-refractivity contribution in [2.24, 2.45) is 11.8 Å². The number of nitrogens with zero attached hydrogens (tertiary/aromatic N) is 2. The van der Waals surface area contributed by atoms with Gasteiger partial charge < -0.3 is 14.8 Å². The van der Waals surface area contributed by atoms with Gasteiger partial charge in [0.05, 0.1) is 58.6 Å². The molecule has 11 heteroatoms. The van der Waals surface area contributed by atoms with Crippen molar-refractivity contribution in [3.05, 3.63) is 29.3 Å². The number of carbonyl (C=O) groups is 3. The summed E-state index contributed by atoms with van der Waals surface area (Å²) in [5, 5.41) is 11.7. The molecule has 0 aliphatic carbocycles. The Balaban J connectivity index is 1.72. The van der Waals surface area contributed by atoms with Crippen molar-refractivity contribution in [3.63, 3.8) is 0 Å². The molecule has 4 rings (SSSR count). The summed E-state index contributed by atoms with van der Waals surface area (Å²) in [6, 6.07) is 3.56. The minimum Gasteiger partial charge on any atom is -0.450 e. The number of alkyl carbamates (subject to hydrolysis) is 1. The van der Waals surface area contributed by atoms with E-state index in [1.54, 1.807) is 20.8 Å². The lowest BCUT2D eigenvalue weighted by molar-refractivity contribution is -0.138. The highest BCUT2D eigenvalue weighted by atomic mass is 19.4. The van der Waals surface area contributed by atoms with Crippen LogP contribution in [-0.2, 0) is 25.2 Å². The number of hydrogen-bond acceptors (Lipinski definition) is 6. The van der Waals surface area contributed by atoms with Gasteiger partial charge in [0.2, 0.25) is 11.8 Å². The van der Waals surface area contributed by atoms with Gasteiger partial charge in [0.15, 0.2) is 0 Å². The minimum absolute atomic E-state index is 0.144. The van der Waals surface area contributed by atoms with E-state index in [0.29, 0.717) is 6.07 Å². The zero-order valence-electron chi connectivity index (χ0n) is 17.4. The van der Waals surface area contributed by atoms with Gasteiger partial charge in [-0.3, -0.25) is 9.59 Å². The van der Waals surface area contributed by atoms with Gasteiger partial charge in [-0.25, -0.2) is 9.69 Å². The second-order valence-electron chi connectivity index (χ2n) is 8.53. The lowest BCUT2D eigenvalue weighted by Crippen LogP contribution is -2.56. The molecule has 3 aliphatic rings. The van der Waals surface area contributed by atoms with Gasteiger partial charge in [-0.1, -0.05) is 0 Å². The highest BCUT2D eigenvalue weighted by molar-refractivity contribution is 6.23. The Kier molecular flexibility index (Phi) is 4.78. The first-order valence-corrected chi connectivity index (χ1v) is 10.00. The maximum absolute atomic E-state index is 13.4. The van der Waals surface area contributed by atoms with Crippen molar-refractivity contribution in [3.8, 4) is 6.07 Å². The molecule has 0 spiro atoms. The summed E-state index contributed by atoms with van der Waals surface area (Å²) in [7, 11) is 0. The number of ether oxygens (including phenoxy) is 2. The molecule has 0 aromatic heterocycles. The average molecular weight is 451 g/mol. The van der Waals surface area contributed by atoms with Crippen molar-refractivity contribution in [2.45, 2.75) is 50.6 Å². The predicted molar refractivity (Wildman–Crippen MR) is 102 cm³/mol. The number of nitrogens with one attached hydrogen (secondary N) is 1. The number of nitriles is 1. The molecule has 3 amide bonds. The second kappa shape index (κ2) is 6.93. The fourth-order valence-electron chi connectivity index (χ4n) is 5.32. The molecule has 0 radical (unpaired) electrons. The Morgan fingerprint density at radius 3 is 2.56 bits per heavy atom. The highest BCUT2D eigenvalue weighted by Gasteiger charge is 2.76. The van der Waals surface area contributed by atoms with Crippen LogP contribution in [0.1, 0.15) is 38.3 Å². The van der Waals surface area contributed by atoms with E-state index >= 15 is 0 Å². The van der Waals surface area contributed by atoms with Gasteiger partial charge in [-0.2, -0.15) is 18.4 Å². The van der Waals surface area contributed by atoms with Crippen molar-refractivity contribution in [1.82, 2.24) is 5.32 Å². The number of halogens is 3. The minimum atomic E-state index is -4.84. The molecule has 8 nitrogen and oxygen atoms in total. The monoisotopic (exact) mass is 451 g/mol. The number of hydrogen-bond donors (Lipinski definition) is 1. The van der Waals surface area contributed by atoms with Crippen LogP contribution < -0.4 is 10.2 Å². The predicted octanol–water partition coefficient (Wildman–Crippen LogP) is 2.75. The van der Waals surface area contributed by atoms with E-state index in [1.165, 1.54) is 6.07 Å². The smallest absolute Gasteiger partial charge is 0.417 e. The average Bonchev–Trinajstić information content (AvgIpc) is 3.21. The lowest BCUT2D eigenvalue weighted by Gasteiger charge is -2.35. The van der Waals surface area contributed by atoms with Crippen molar-refractivity contribution in [1.29, 1.82) is 5.26 Å². The first kappa shape index (κ1) is 22.1. The SMILES string of the molecule is CCOC(=O)N[C@@H]1C[C@@]2(C)O[C@]1(C)[C@@H]1C(=O)N(c3ccc(C#N)c(C(F)(F)F)c3)C(=O)[C@@H]12. The van der Waals surface area contributed by atoms with Crippen LogP contribution in [0.25, 0.3) is 0 Å². The molecule has 0 unspecified atom stereocenters. The summed E-state index contributed by atoms with van der Waals surface area (Å²) in [5.41, 5.74) is -4.44. The molecule has 1 N–H and O–H groups in total. The van der Waals surface area contributed by atoms with E-state index < -0.39 is 64.3 Å². The Bertz CT molecular complexity index is 1070. The van der Waals surface area contributed by atoms with Crippen LogP contribution in [0.2, 0.25) is 0 Å². The number of alkyl halides is 3. The van der Waals surface area contributed by atoms with Gasteiger partial charge in [-0.15, -0.1) is 0 Å². The third kappa shape index (κ3) is 2.97. The van der Waals surface area contributed by atoms with E-state index in [4.69, 9.17) is 14.7 Å². The molecule has 2 bridgehead atoms. The van der Waals surface area contributed by atoms with Gasteiger partial charge in [-0.05, 0) is 39.0 Å². The Hall–Kier alpha value is -3.13. The van der Waals surface area contributed by atoms with Crippen molar-refractivity contribution >= 4 is 23.6 Å². The first-order chi connectivity index (χ1) is 14.9. The summed E-state index contributed by atoms with van der Waals surface area (Å²) >= 11 is 0. The van der Waals surface area contributed by atoms with Crippen LogP contribution >= 0.6 is 0 Å². The summed E-state index contributed by atoms with van der Waals surface area (Å²) in [5.74, 6) is -3.28. The van der Waals surface area contributed by atoms with E-state index in [2.05, 4.69) is 5.32 Å². The second-order valence-corrected chi connectivity index (χ2v) is 8.53. The third-order valence-electron chi connectivity index (χ3n) is 6.59. The molecule has 1 aromatic rings. The maximum atomic E-state index is 13.4. The summed E-state index contributed by atoms with van der Waals surface area (Å²) in [6.07, 6.45) is -5.29. The molecule has 3 fully saturated rings. The fraction of sp³-hybridized carbons (Fsp3) is 0.524. The van der Waals surface area contributed by atoms with Crippen LogP contribution in [0.4, 0.5) is 23.7 Å². The Morgan fingerprint density at radius 2 is 1.97 bits per heavy atom. The van der Waals surface area contributed by atoms with Crippen LogP contribution in [-0.4, -0.2) is 41.8 Å². The molecule has 3 saturated heterocycles. The molecular formula is C21H20F3N3O5. The van der Waals surface area contributed by atoms with Gasteiger partial charge in [0.1, 0.15) is 0 Å². The van der Waals surface area contributed by atoms with Crippen LogP contribution in [0.5, 0.6) is 0 Å². The highest BCUT2D eigenvalue weighted by Crippen LogP contribution is 2.61. The number of imide groups is 1. The summed E-state index contributed by atoms with van der Waals surface area (Å²) in [4.78, 5) is 39.3. The van der Waals surface area contributed by atoms with E-state index in [1.807, 2.05) is 0 Å². The molecule has 3 heterocycles. The molecular weight excluding hydrogens is 431 g/mol. The standard InChI is InChI=1S/C21H20F3N3O5/c1-4-31-18(30)26-13-8-19(2)14-15(20(13,3)32-19)17(29)27(16(14)28)11-6-5-10(9-25)12(7-11)21(22,23)24/h5-7,13-15H,4,8H2,1-3H3,(H,26,30)/t13-,14-,15+,19-,20+/m1/s1. The molecule has 32 heavy (non-hydrogen) atoms. The normalized spacial score (nSPS) is 33.3. The van der Waals surface area contributed by atoms with Crippen LogP contribution in [0.15, 0.2) is 18.2 Å². The molecule has 3 aliphatic heterocycles. The van der Waals surface area contributed by atoms with Crippen LogP contribution in [0.3, 0.4) is 0 Å². The molecule has 1 aromatic carbocycles. The van der Waals surface area contributed by atoms with Gasteiger partial charge in [0.25, 0.3) is 0 Å². The Morgan fingerprint density at radius 1 is 1.31 bits per heavy atom. The topological polar surface area (TPSA) is 109 Å².